The maximum absolute atomic E-state index is 12.3. The Hall–Kier alpha value is -6.41. The summed E-state index contributed by atoms with van der Waals surface area (Å²) >= 11 is 5.81. The number of primary amides is 2. The fourth-order valence-corrected chi connectivity index (χ4v) is 8.11. The maximum Gasteiger partial charge on any atom is 0.407 e. The molecule has 6 rings (SSSR count). The Balaban J connectivity index is 0.000000257. The van der Waals surface area contributed by atoms with Gasteiger partial charge in [-0.1, -0.05) is 64.0 Å². The standard InChI is InChI=1S/C25H37N7O3.C14H16ClN5O.C11H22N2O2/c1-6-9-16-12-15(2)13-20(27-16)29-19-14-21(31-32-22(19)23(26)33)28-17-10-7-8-11-18(17)30-24(34)35-25(3,4)5;1-3-4-9-5-8(2)6-12(17-9)18-10-7-11(15)19-20-13(10)14(16)21;1-11(2,3)15-10(14)13-9-7-5-4-6-8(9)12/h12-14,17-18H,6-11H2,1-5H3,(H2,26,33)(H,30,34)(H2,27,28,29,31);5-7H,3-4H2,1-2H3,(H2,16,21)(H,17,18,19);8-9H,4-7,12H2,1-3H3,(H,13,14)/t17-,18+;;8-,9+/m1.1/s1. The summed E-state index contributed by atoms with van der Waals surface area (Å²) in [6, 6.07) is 11.0. The number of nitrogens with one attached hydrogen (secondary N) is 5. The molecule has 4 heterocycles. The number of ether oxygens (including phenoxy) is 2. The van der Waals surface area contributed by atoms with Crippen LogP contribution in [0.5, 0.6) is 0 Å². The van der Waals surface area contributed by atoms with Crippen molar-refractivity contribution >= 4 is 64.4 Å². The van der Waals surface area contributed by atoms with E-state index in [0.29, 0.717) is 28.8 Å². The lowest BCUT2D eigenvalue weighted by molar-refractivity contribution is 0.0475. The molecule has 4 aromatic rings. The van der Waals surface area contributed by atoms with Crippen LogP contribution < -0.4 is 43.8 Å². The first-order valence-electron chi connectivity index (χ1n) is 24.4. The lowest BCUT2D eigenvalue weighted by Gasteiger charge is -2.33. The number of pyridine rings is 2. The average Bonchev–Trinajstić information content (AvgIpc) is 3.24. The molecule has 2 saturated carbocycles. The Labute approximate surface area is 422 Å². The van der Waals surface area contributed by atoms with E-state index in [4.69, 9.17) is 38.3 Å². The second-order valence-electron chi connectivity index (χ2n) is 19.9. The number of carbonyl (C=O) groups is 4. The molecule has 0 spiro atoms. The number of amides is 4. The van der Waals surface area contributed by atoms with E-state index in [1.165, 1.54) is 6.07 Å². The van der Waals surface area contributed by atoms with Crippen molar-refractivity contribution in [2.75, 3.05) is 16.0 Å². The minimum absolute atomic E-state index is 0.0275. The van der Waals surface area contributed by atoms with Crippen LogP contribution in [0.25, 0.3) is 0 Å². The molecule has 0 bridgehead atoms. The molecule has 0 aromatic carbocycles. The zero-order valence-corrected chi connectivity index (χ0v) is 43.8. The van der Waals surface area contributed by atoms with Gasteiger partial charge in [0, 0.05) is 41.6 Å². The number of hydrogen-bond acceptors (Lipinski definition) is 16. The van der Waals surface area contributed by atoms with Gasteiger partial charge >= 0.3 is 12.2 Å². The Morgan fingerprint density at radius 2 is 1.04 bits per heavy atom. The number of rotatable bonds is 14. The molecule has 0 radical (unpaired) electrons. The molecule has 4 amide bonds. The third kappa shape index (κ3) is 20.1. The molecular weight excluding hydrogens is 928 g/mol. The van der Waals surface area contributed by atoms with Crippen molar-refractivity contribution in [3.05, 3.63) is 75.5 Å². The molecule has 0 unspecified atom stereocenters. The van der Waals surface area contributed by atoms with Gasteiger partial charge in [-0.2, -0.15) is 0 Å². The summed E-state index contributed by atoms with van der Waals surface area (Å²) in [5.41, 5.74) is 20.7. The monoisotopic (exact) mass is 1000 g/mol. The minimum atomic E-state index is -0.685. The Morgan fingerprint density at radius 3 is 1.51 bits per heavy atom. The highest BCUT2D eigenvalue weighted by Gasteiger charge is 2.30. The van der Waals surface area contributed by atoms with E-state index in [0.717, 1.165) is 99.6 Å². The number of aryl methyl sites for hydroxylation is 4. The van der Waals surface area contributed by atoms with Gasteiger partial charge in [0.25, 0.3) is 11.8 Å². The first-order valence-corrected chi connectivity index (χ1v) is 24.8. The van der Waals surface area contributed by atoms with Crippen molar-refractivity contribution in [1.29, 1.82) is 0 Å². The van der Waals surface area contributed by atoms with E-state index in [-0.39, 0.29) is 46.8 Å². The van der Waals surface area contributed by atoms with Gasteiger partial charge in [-0.3, -0.25) is 9.59 Å². The largest absolute Gasteiger partial charge is 0.444 e. The third-order valence-corrected chi connectivity index (χ3v) is 11.1. The molecular formula is C50H75ClN14O6. The zero-order chi connectivity index (χ0) is 52.5. The fraction of sp³-hybridized carbons (Fsp3) is 0.560. The van der Waals surface area contributed by atoms with E-state index >= 15 is 0 Å². The molecule has 388 valence electrons. The lowest BCUT2D eigenvalue weighted by Crippen LogP contribution is -2.50. The van der Waals surface area contributed by atoms with E-state index in [2.05, 4.69) is 70.8 Å². The third-order valence-electron chi connectivity index (χ3n) is 10.9. The molecule has 4 atom stereocenters. The molecule has 0 aliphatic heterocycles. The van der Waals surface area contributed by atoms with Gasteiger partial charge in [-0.25, -0.2) is 19.6 Å². The van der Waals surface area contributed by atoms with Crippen molar-refractivity contribution < 1.29 is 28.7 Å². The molecule has 2 aliphatic carbocycles. The average molecular weight is 1000 g/mol. The van der Waals surface area contributed by atoms with Crippen molar-refractivity contribution in [2.24, 2.45) is 17.2 Å². The quantitative estimate of drug-likeness (QED) is 0.0586. The van der Waals surface area contributed by atoms with E-state index in [1.807, 2.05) is 79.7 Å². The van der Waals surface area contributed by atoms with Crippen molar-refractivity contribution in [1.82, 2.24) is 41.0 Å². The predicted molar refractivity (Wildman–Crippen MR) is 277 cm³/mol. The molecule has 4 aromatic heterocycles. The minimum Gasteiger partial charge on any atom is -0.444 e. The number of anilines is 5. The molecule has 20 nitrogen and oxygen atoms in total. The Kier molecular flexibility index (Phi) is 21.5. The highest BCUT2D eigenvalue weighted by atomic mass is 35.5. The first kappa shape index (κ1) is 57.2. The van der Waals surface area contributed by atoms with Crippen LogP contribution in [0.15, 0.2) is 36.4 Å². The summed E-state index contributed by atoms with van der Waals surface area (Å²) in [4.78, 5) is 56.4. The summed E-state index contributed by atoms with van der Waals surface area (Å²) < 4.78 is 10.6. The number of nitrogens with two attached hydrogens (primary N) is 3. The first-order chi connectivity index (χ1) is 33.4. The van der Waals surface area contributed by atoms with Gasteiger partial charge in [0.1, 0.15) is 22.8 Å². The van der Waals surface area contributed by atoms with Gasteiger partial charge in [0.05, 0.1) is 17.4 Å². The van der Waals surface area contributed by atoms with Crippen LogP contribution in [0.2, 0.25) is 5.15 Å². The van der Waals surface area contributed by atoms with Gasteiger partial charge < -0.3 is 53.3 Å². The second-order valence-corrected chi connectivity index (χ2v) is 20.3. The Bertz CT molecular complexity index is 2430. The number of alkyl carbamates (subject to hydrolysis) is 2. The Morgan fingerprint density at radius 1 is 0.606 bits per heavy atom. The number of nitrogens with zero attached hydrogens (tertiary/aromatic N) is 6. The van der Waals surface area contributed by atoms with E-state index < -0.39 is 29.1 Å². The number of halogens is 1. The molecule has 11 N–H and O–H groups in total. The number of carbonyl (C=O) groups excluding carboxylic acids is 4. The molecule has 21 heteroatoms. The fourth-order valence-electron chi connectivity index (χ4n) is 7.96. The van der Waals surface area contributed by atoms with E-state index in [1.54, 1.807) is 6.07 Å². The van der Waals surface area contributed by atoms with Crippen molar-refractivity contribution in [3.8, 4) is 0 Å². The molecule has 2 fully saturated rings. The predicted octanol–water partition coefficient (Wildman–Crippen LogP) is 8.63. The molecule has 71 heavy (non-hydrogen) atoms. The number of aromatic nitrogens is 6. The summed E-state index contributed by atoms with van der Waals surface area (Å²) in [6.07, 6.45) is 10.9. The van der Waals surface area contributed by atoms with Crippen molar-refractivity contribution in [2.45, 2.75) is 182 Å². The summed E-state index contributed by atoms with van der Waals surface area (Å²) in [7, 11) is 0. The second kappa shape index (κ2) is 26.7. The van der Waals surface area contributed by atoms with Crippen LogP contribution in [-0.4, -0.2) is 89.7 Å². The zero-order valence-electron chi connectivity index (χ0n) is 43.0. The molecule has 0 saturated heterocycles. The summed E-state index contributed by atoms with van der Waals surface area (Å²) in [5.74, 6) is 0.335. The van der Waals surface area contributed by atoms with Gasteiger partial charge in [-0.15, -0.1) is 20.4 Å². The topological polar surface area (TPSA) is 302 Å². The van der Waals surface area contributed by atoms with Gasteiger partial charge in [0.15, 0.2) is 22.4 Å². The smallest absolute Gasteiger partial charge is 0.407 e. The van der Waals surface area contributed by atoms with Crippen LogP contribution >= 0.6 is 11.6 Å². The van der Waals surface area contributed by atoms with Gasteiger partial charge in [-0.05, 0) is 129 Å². The normalized spacial score (nSPS) is 17.7. The van der Waals surface area contributed by atoms with Crippen LogP contribution in [0.1, 0.15) is 163 Å². The van der Waals surface area contributed by atoms with Crippen molar-refractivity contribution in [3.63, 3.8) is 0 Å². The van der Waals surface area contributed by atoms with E-state index in [9.17, 15) is 19.2 Å². The number of hydrogen-bond donors (Lipinski definition) is 8. The van der Waals surface area contributed by atoms with Crippen LogP contribution in [-0.2, 0) is 22.3 Å². The SMILES string of the molecule is CC(C)(C)OC(=O)N[C@H]1CCCC[C@H]1N.CCCc1cc(C)cc(Nc2cc(Cl)nnc2C(N)=O)n1.CCCc1cc(C)cc(Nc2cc(N[C@@H]3CCCC[C@@H]3NC(=O)OC(C)(C)C)nnc2C(N)=O)n1. The highest BCUT2D eigenvalue weighted by Crippen LogP contribution is 2.27. The van der Waals surface area contributed by atoms with Crippen LogP contribution in [0, 0.1) is 13.8 Å². The summed E-state index contributed by atoms with van der Waals surface area (Å²) in [5, 5.41) is 31.2. The van der Waals surface area contributed by atoms with Crippen LogP contribution in [0.3, 0.4) is 0 Å². The lowest BCUT2D eigenvalue weighted by atomic mass is 9.90. The highest BCUT2D eigenvalue weighted by molar-refractivity contribution is 6.29. The van der Waals surface area contributed by atoms with Crippen LogP contribution in [0.4, 0.5) is 38.4 Å². The maximum atomic E-state index is 12.3. The summed E-state index contributed by atoms with van der Waals surface area (Å²) in [6.45, 7) is 19.2. The van der Waals surface area contributed by atoms with Gasteiger partial charge in [0.2, 0.25) is 0 Å². The molecule has 2 aliphatic rings.